The molecule has 0 bridgehead atoms. The van der Waals surface area contributed by atoms with Crippen LogP contribution < -0.4 is 22.8 Å². The predicted octanol–water partition coefficient (Wildman–Crippen LogP) is 2.34. The lowest BCUT2D eigenvalue weighted by molar-refractivity contribution is -0.138. The second-order valence-corrected chi connectivity index (χ2v) is 8.82. The number of hydrogen-bond acceptors (Lipinski definition) is 7. The maximum absolute atomic E-state index is 13.8. The van der Waals surface area contributed by atoms with Crippen molar-refractivity contribution >= 4 is 11.1 Å². The zero-order valence-electron chi connectivity index (χ0n) is 19.4. The molecule has 1 aliphatic carbocycles. The Labute approximate surface area is 208 Å². The lowest BCUT2D eigenvalue weighted by Gasteiger charge is -2.19. The molecule has 3 aromatic heterocycles. The van der Waals surface area contributed by atoms with Gasteiger partial charge in [0.05, 0.1) is 22.8 Å². The highest BCUT2D eigenvalue weighted by Gasteiger charge is 2.38. The molecule has 0 saturated heterocycles. The summed E-state index contributed by atoms with van der Waals surface area (Å²) in [5, 5.41) is 3.55. The van der Waals surface area contributed by atoms with Crippen LogP contribution >= 0.6 is 0 Å². The van der Waals surface area contributed by atoms with Gasteiger partial charge >= 0.3 is 23.4 Å². The van der Waals surface area contributed by atoms with Gasteiger partial charge in [0.1, 0.15) is 5.56 Å². The summed E-state index contributed by atoms with van der Waals surface area (Å²) in [7, 11) is 1.51. The summed E-state index contributed by atoms with van der Waals surface area (Å²) in [5.74, 6) is -1.84. The molecule has 1 aliphatic rings. The van der Waals surface area contributed by atoms with E-state index in [9.17, 15) is 32.3 Å². The Balaban J connectivity index is 1.63. The second-order valence-electron chi connectivity index (χ2n) is 8.82. The number of fused-ring (bicyclic) bond motifs is 2. The van der Waals surface area contributed by atoms with Crippen molar-refractivity contribution in [2.75, 3.05) is 0 Å². The summed E-state index contributed by atoms with van der Waals surface area (Å²) < 4.78 is 53.8. The van der Waals surface area contributed by atoms with Crippen molar-refractivity contribution in [1.82, 2.24) is 23.8 Å². The number of halogens is 3. The molecule has 1 N–H and O–H groups in total. The van der Waals surface area contributed by atoms with Crippen LogP contribution in [0.2, 0.25) is 0 Å². The van der Waals surface area contributed by atoms with E-state index < -0.39 is 40.5 Å². The van der Waals surface area contributed by atoms with Gasteiger partial charge in [-0.3, -0.25) is 28.0 Å². The third-order valence-corrected chi connectivity index (χ3v) is 6.73. The van der Waals surface area contributed by atoms with Crippen molar-refractivity contribution in [2.24, 2.45) is 7.05 Å². The number of oxazole rings is 1. The molecule has 0 radical (unpaired) electrons. The van der Waals surface area contributed by atoms with Crippen LogP contribution in [0.3, 0.4) is 0 Å². The van der Waals surface area contributed by atoms with Crippen molar-refractivity contribution in [3.63, 3.8) is 0 Å². The Morgan fingerprint density at radius 2 is 1.89 bits per heavy atom. The molecule has 194 valence electrons. The van der Waals surface area contributed by atoms with Crippen LogP contribution in [-0.4, -0.2) is 23.8 Å². The van der Waals surface area contributed by atoms with E-state index in [2.05, 4.69) is 14.7 Å². The number of hydrogen-bond donors (Lipinski definition) is 1. The van der Waals surface area contributed by atoms with Gasteiger partial charge in [0, 0.05) is 19.3 Å². The first-order chi connectivity index (χ1) is 18.0. The van der Waals surface area contributed by atoms with E-state index in [4.69, 9.17) is 4.42 Å². The Hall–Kier alpha value is -4.88. The highest BCUT2D eigenvalue weighted by molar-refractivity contribution is 5.75. The van der Waals surface area contributed by atoms with Gasteiger partial charge in [0.15, 0.2) is 11.4 Å². The fourth-order valence-electron chi connectivity index (χ4n) is 4.98. The minimum atomic E-state index is -4.61. The normalized spacial score (nSPS) is 15.3. The number of aryl methyl sites for hydroxylation is 1. The van der Waals surface area contributed by atoms with Crippen molar-refractivity contribution in [3.05, 3.63) is 101 Å². The third-order valence-electron chi connectivity index (χ3n) is 6.73. The highest BCUT2D eigenvalue weighted by Crippen LogP contribution is 2.41. The van der Waals surface area contributed by atoms with E-state index in [-0.39, 0.29) is 46.6 Å². The summed E-state index contributed by atoms with van der Waals surface area (Å²) in [6.45, 7) is 0. The smallest absolute Gasteiger partial charge is 0.408 e. The minimum Gasteiger partial charge on any atom is -0.408 e. The minimum absolute atomic E-state index is 0.00623. The third kappa shape index (κ3) is 3.48. The van der Waals surface area contributed by atoms with E-state index in [1.165, 1.54) is 41.9 Å². The Morgan fingerprint density at radius 3 is 2.61 bits per heavy atom. The molecule has 11 nitrogen and oxygen atoms in total. The van der Waals surface area contributed by atoms with E-state index >= 15 is 0 Å². The largest absolute Gasteiger partial charge is 0.439 e. The van der Waals surface area contributed by atoms with Crippen molar-refractivity contribution in [2.45, 2.75) is 25.1 Å². The maximum atomic E-state index is 13.8. The molecule has 14 heteroatoms. The van der Waals surface area contributed by atoms with Crippen molar-refractivity contribution in [1.29, 1.82) is 0 Å². The molecule has 0 aliphatic heterocycles. The Kier molecular flexibility index (Phi) is 4.99. The van der Waals surface area contributed by atoms with Gasteiger partial charge in [-0.1, -0.05) is 17.3 Å². The molecule has 38 heavy (non-hydrogen) atoms. The van der Waals surface area contributed by atoms with E-state index in [0.29, 0.717) is 5.52 Å². The average molecular weight is 527 g/mol. The molecule has 3 heterocycles. The molecule has 0 unspecified atom stereocenters. The number of nitrogens with zero attached hydrogens (tertiary/aromatic N) is 4. The number of aromatic amines is 1. The fourth-order valence-corrected chi connectivity index (χ4v) is 4.98. The molecule has 6 rings (SSSR count). The number of rotatable bonds is 3. The zero-order chi connectivity index (χ0) is 26.9. The van der Waals surface area contributed by atoms with E-state index in [1.54, 1.807) is 0 Å². The van der Waals surface area contributed by atoms with Crippen LogP contribution in [-0.2, 0) is 19.6 Å². The molecule has 0 amide bonds. The molecule has 1 atom stereocenters. The van der Waals surface area contributed by atoms with Crippen LogP contribution in [0.5, 0.6) is 0 Å². The SMILES string of the molecule is Cn1c(=O)oc2cc(-n3cc(-c4noc(=O)[nH]4)c(=O)n([C@@H]4CCc5c4cccc5C(F)(F)F)c3=O)ccc21. The number of aromatic nitrogens is 5. The molecular weight excluding hydrogens is 511 g/mol. The first kappa shape index (κ1) is 23.5. The topological polar surface area (TPSA) is 138 Å². The Bertz CT molecular complexity index is 1990. The van der Waals surface area contributed by atoms with Gasteiger partial charge in [0.25, 0.3) is 5.56 Å². The second kappa shape index (κ2) is 8.06. The molecule has 0 fully saturated rings. The number of alkyl halides is 3. The summed E-state index contributed by atoms with van der Waals surface area (Å²) in [4.78, 5) is 53.1. The van der Waals surface area contributed by atoms with Crippen LogP contribution in [0.4, 0.5) is 13.2 Å². The molecule has 0 saturated carbocycles. The van der Waals surface area contributed by atoms with E-state index in [0.717, 1.165) is 21.4 Å². The number of benzene rings is 2. The van der Waals surface area contributed by atoms with Crippen LogP contribution in [0.15, 0.2) is 70.7 Å². The zero-order valence-corrected chi connectivity index (χ0v) is 19.4. The summed E-state index contributed by atoms with van der Waals surface area (Å²) in [6, 6.07) is 7.08. The average Bonchev–Trinajstić information content (AvgIpc) is 3.56. The summed E-state index contributed by atoms with van der Waals surface area (Å²) >= 11 is 0. The molecular formula is C24H16F3N5O6. The molecule has 2 aromatic carbocycles. The van der Waals surface area contributed by atoms with E-state index in [1.807, 2.05) is 0 Å². The Morgan fingerprint density at radius 1 is 1.11 bits per heavy atom. The quantitative estimate of drug-likeness (QED) is 0.380. The summed E-state index contributed by atoms with van der Waals surface area (Å²) in [5.41, 5.74) is -1.77. The van der Waals surface area contributed by atoms with Crippen molar-refractivity contribution in [3.8, 4) is 17.1 Å². The predicted molar refractivity (Wildman–Crippen MR) is 125 cm³/mol. The first-order valence-electron chi connectivity index (χ1n) is 11.3. The molecule has 0 spiro atoms. The fraction of sp³-hybridized carbons (Fsp3) is 0.208. The van der Waals surface area contributed by atoms with Crippen LogP contribution in [0.1, 0.15) is 29.2 Å². The van der Waals surface area contributed by atoms with Gasteiger partial charge in [-0.2, -0.15) is 13.2 Å². The van der Waals surface area contributed by atoms with Crippen LogP contribution in [0.25, 0.3) is 28.2 Å². The molecule has 5 aromatic rings. The van der Waals surface area contributed by atoms with Gasteiger partial charge in [-0.25, -0.2) is 14.4 Å². The van der Waals surface area contributed by atoms with Crippen molar-refractivity contribution < 1.29 is 22.1 Å². The lowest BCUT2D eigenvalue weighted by Crippen LogP contribution is -2.42. The number of nitrogens with one attached hydrogen (secondary N) is 1. The first-order valence-corrected chi connectivity index (χ1v) is 11.3. The van der Waals surface area contributed by atoms with Crippen LogP contribution in [0, 0.1) is 0 Å². The monoisotopic (exact) mass is 527 g/mol. The van der Waals surface area contributed by atoms with Gasteiger partial charge in [-0.05, 0) is 42.2 Å². The van der Waals surface area contributed by atoms with Gasteiger partial charge in [0.2, 0.25) is 0 Å². The number of H-pyrrole nitrogens is 1. The highest BCUT2D eigenvalue weighted by atomic mass is 19.4. The lowest BCUT2D eigenvalue weighted by atomic mass is 10.0. The summed E-state index contributed by atoms with van der Waals surface area (Å²) in [6.07, 6.45) is -3.42. The maximum Gasteiger partial charge on any atom is 0.439 e. The van der Waals surface area contributed by atoms with Gasteiger partial charge in [-0.15, -0.1) is 0 Å². The standard InChI is InChI=1S/C24H16F3N5O6/c1-30-17-7-5-11(9-18(17)37-23(30)36)31-10-14(19-28-21(34)38-29-19)20(33)32(22(31)35)16-8-6-12-13(16)3-2-4-15(12)24(25,26)27/h2-5,7,9-10,16H,6,8H2,1H3,(H,28,29,34)/t16-/m1/s1. The van der Waals surface area contributed by atoms with Gasteiger partial charge < -0.3 is 4.42 Å².